The summed E-state index contributed by atoms with van der Waals surface area (Å²) >= 11 is 0. The summed E-state index contributed by atoms with van der Waals surface area (Å²) in [5.41, 5.74) is 0.477. The molecule has 2 nitrogen and oxygen atoms in total. The third-order valence-electron chi connectivity index (χ3n) is 5.37. The Balaban J connectivity index is 1.70. The van der Waals surface area contributed by atoms with Gasteiger partial charge < -0.3 is 5.32 Å². The van der Waals surface area contributed by atoms with E-state index in [1.54, 1.807) is 0 Å². The van der Waals surface area contributed by atoms with Gasteiger partial charge in [-0.05, 0) is 44.1 Å². The van der Waals surface area contributed by atoms with Crippen LogP contribution in [-0.2, 0) is 0 Å². The van der Waals surface area contributed by atoms with Crippen molar-refractivity contribution in [1.82, 2.24) is 10.2 Å². The SMILES string of the molecule is CC(CNC1CCCCC1)N1CCC(C(C)(C)C)C1. The Morgan fingerprint density at radius 2 is 1.79 bits per heavy atom. The Morgan fingerprint density at radius 1 is 1.11 bits per heavy atom. The van der Waals surface area contributed by atoms with E-state index in [9.17, 15) is 0 Å². The van der Waals surface area contributed by atoms with Crippen molar-refractivity contribution in [3.05, 3.63) is 0 Å². The molecule has 2 atom stereocenters. The quantitative estimate of drug-likeness (QED) is 0.835. The highest BCUT2D eigenvalue weighted by Crippen LogP contribution is 2.34. The molecule has 0 bridgehead atoms. The Kier molecular flexibility index (Phi) is 5.30. The van der Waals surface area contributed by atoms with Gasteiger partial charge in [-0.15, -0.1) is 0 Å². The average molecular weight is 266 g/mol. The second-order valence-corrected chi connectivity index (χ2v) is 7.94. The molecule has 0 aromatic rings. The Hall–Kier alpha value is -0.0800. The largest absolute Gasteiger partial charge is 0.312 e. The number of hydrogen-bond acceptors (Lipinski definition) is 2. The van der Waals surface area contributed by atoms with Crippen LogP contribution in [0.4, 0.5) is 0 Å². The van der Waals surface area contributed by atoms with Crippen molar-refractivity contribution in [3.63, 3.8) is 0 Å². The fourth-order valence-electron chi connectivity index (χ4n) is 3.67. The van der Waals surface area contributed by atoms with Gasteiger partial charge in [0.1, 0.15) is 0 Å². The predicted molar refractivity (Wildman–Crippen MR) is 83.5 cm³/mol. The fourth-order valence-corrected chi connectivity index (χ4v) is 3.67. The summed E-state index contributed by atoms with van der Waals surface area (Å²) in [4.78, 5) is 2.70. The van der Waals surface area contributed by atoms with Gasteiger partial charge in [-0.1, -0.05) is 40.0 Å². The highest BCUT2D eigenvalue weighted by Gasteiger charge is 2.33. The van der Waals surface area contributed by atoms with E-state index < -0.39 is 0 Å². The van der Waals surface area contributed by atoms with Crippen LogP contribution in [0.5, 0.6) is 0 Å². The lowest BCUT2D eigenvalue weighted by molar-refractivity contribution is 0.194. The highest BCUT2D eigenvalue weighted by atomic mass is 15.2. The molecule has 0 radical (unpaired) electrons. The zero-order chi connectivity index (χ0) is 13.9. The molecule has 19 heavy (non-hydrogen) atoms. The molecule has 0 amide bonds. The summed E-state index contributed by atoms with van der Waals surface area (Å²) in [5.74, 6) is 0.879. The van der Waals surface area contributed by atoms with Crippen molar-refractivity contribution in [2.75, 3.05) is 19.6 Å². The van der Waals surface area contributed by atoms with Gasteiger partial charge in [0.05, 0.1) is 0 Å². The van der Waals surface area contributed by atoms with E-state index in [4.69, 9.17) is 0 Å². The number of likely N-dealkylation sites (tertiary alicyclic amines) is 1. The minimum absolute atomic E-state index is 0.477. The van der Waals surface area contributed by atoms with Gasteiger partial charge in [-0.25, -0.2) is 0 Å². The third-order valence-corrected chi connectivity index (χ3v) is 5.37. The summed E-state index contributed by atoms with van der Waals surface area (Å²) in [6.45, 7) is 13.4. The lowest BCUT2D eigenvalue weighted by Crippen LogP contribution is -2.43. The minimum Gasteiger partial charge on any atom is -0.312 e. The number of nitrogens with zero attached hydrogens (tertiary/aromatic N) is 1. The van der Waals surface area contributed by atoms with E-state index in [1.165, 1.54) is 58.2 Å². The van der Waals surface area contributed by atoms with Crippen molar-refractivity contribution in [2.24, 2.45) is 11.3 Å². The lowest BCUT2D eigenvalue weighted by atomic mass is 9.80. The second-order valence-electron chi connectivity index (χ2n) is 7.94. The number of nitrogens with one attached hydrogen (secondary N) is 1. The molecular formula is C17H34N2. The van der Waals surface area contributed by atoms with Crippen LogP contribution < -0.4 is 5.32 Å². The Labute approximate surface area is 120 Å². The summed E-state index contributed by atoms with van der Waals surface area (Å²) in [7, 11) is 0. The van der Waals surface area contributed by atoms with E-state index >= 15 is 0 Å². The van der Waals surface area contributed by atoms with Crippen LogP contribution in [0.25, 0.3) is 0 Å². The molecule has 0 aromatic carbocycles. The van der Waals surface area contributed by atoms with Crippen molar-refractivity contribution in [2.45, 2.75) is 78.3 Å². The Morgan fingerprint density at radius 3 is 2.37 bits per heavy atom. The van der Waals surface area contributed by atoms with Crippen LogP contribution in [0.2, 0.25) is 0 Å². The van der Waals surface area contributed by atoms with Crippen molar-refractivity contribution in [1.29, 1.82) is 0 Å². The van der Waals surface area contributed by atoms with Gasteiger partial charge in [0.2, 0.25) is 0 Å². The molecular weight excluding hydrogens is 232 g/mol. The van der Waals surface area contributed by atoms with Gasteiger partial charge >= 0.3 is 0 Å². The maximum absolute atomic E-state index is 3.81. The molecule has 2 unspecified atom stereocenters. The van der Waals surface area contributed by atoms with E-state index in [0.717, 1.165) is 12.0 Å². The van der Waals surface area contributed by atoms with Crippen LogP contribution in [-0.4, -0.2) is 36.6 Å². The smallest absolute Gasteiger partial charge is 0.0192 e. The van der Waals surface area contributed by atoms with Crippen molar-refractivity contribution in [3.8, 4) is 0 Å². The van der Waals surface area contributed by atoms with E-state index in [2.05, 4.69) is 37.9 Å². The summed E-state index contributed by atoms with van der Waals surface area (Å²) in [6, 6.07) is 1.51. The maximum atomic E-state index is 3.81. The molecule has 1 saturated carbocycles. The number of rotatable bonds is 4. The molecule has 2 heteroatoms. The molecule has 112 valence electrons. The van der Waals surface area contributed by atoms with Gasteiger partial charge in [0.15, 0.2) is 0 Å². The van der Waals surface area contributed by atoms with Gasteiger partial charge in [0, 0.05) is 25.2 Å². The first kappa shape index (κ1) is 15.3. The normalized spacial score (nSPS) is 28.7. The first-order valence-electron chi connectivity index (χ1n) is 8.44. The lowest BCUT2D eigenvalue weighted by Gasteiger charge is -2.31. The van der Waals surface area contributed by atoms with Crippen molar-refractivity contribution < 1.29 is 0 Å². The molecule has 1 saturated heterocycles. The molecule has 1 aliphatic heterocycles. The maximum Gasteiger partial charge on any atom is 0.0192 e. The number of hydrogen-bond donors (Lipinski definition) is 1. The minimum atomic E-state index is 0.477. The van der Waals surface area contributed by atoms with E-state index in [-0.39, 0.29) is 0 Å². The zero-order valence-corrected chi connectivity index (χ0v) is 13.5. The standard InChI is InChI=1S/C17H34N2/c1-14(12-18-16-8-6-5-7-9-16)19-11-10-15(13-19)17(2,3)4/h14-16,18H,5-13H2,1-4H3. The van der Waals surface area contributed by atoms with Crippen LogP contribution in [0, 0.1) is 11.3 Å². The molecule has 0 aromatic heterocycles. The topological polar surface area (TPSA) is 15.3 Å². The summed E-state index contributed by atoms with van der Waals surface area (Å²) < 4.78 is 0. The molecule has 2 rings (SSSR count). The van der Waals surface area contributed by atoms with Crippen LogP contribution in [0.15, 0.2) is 0 Å². The Bertz CT molecular complexity index is 263. The third kappa shape index (κ3) is 4.46. The molecule has 1 heterocycles. The summed E-state index contributed by atoms with van der Waals surface area (Å²) in [5, 5.41) is 3.81. The van der Waals surface area contributed by atoms with Gasteiger partial charge in [-0.2, -0.15) is 0 Å². The van der Waals surface area contributed by atoms with Crippen LogP contribution >= 0.6 is 0 Å². The summed E-state index contributed by atoms with van der Waals surface area (Å²) in [6.07, 6.45) is 8.50. The van der Waals surface area contributed by atoms with Gasteiger partial charge in [0.25, 0.3) is 0 Å². The van der Waals surface area contributed by atoms with Crippen molar-refractivity contribution >= 4 is 0 Å². The van der Waals surface area contributed by atoms with Gasteiger partial charge in [-0.3, -0.25) is 4.90 Å². The van der Waals surface area contributed by atoms with E-state index in [1.807, 2.05) is 0 Å². The van der Waals surface area contributed by atoms with Crippen LogP contribution in [0.3, 0.4) is 0 Å². The van der Waals surface area contributed by atoms with E-state index in [0.29, 0.717) is 11.5 Å². The second kappa shape index (κ2) is 6.58. The average Bonchev–Trinajstić information content (AvgIpc) is 2.87. The molecule has 2 fully saturated rings. The highest BCUT2D eigenvalue weighted by molar-refractivity contribution is 4.87. The molecule has 1 N–H and O–H groups in total. The molecule has 0 spiro atoms. The molecule has 1 aliphatic carbocycles. The first-order chi connectivity index (χ1) is 8.97. The monoisotopic (exact) mass is 266 g/mol. The van der Waals surface area contributed by atoms with Crippen LogP contribution in [0.1, 0.15) is 66.2 Å². The predicted octanol–water partition coefficient (Wildman–Crippen LogP) is 3.67. The molecule has 2 aliphatic rings. The zero-order valence-electron chi connectivity index (χ0n) is 13.5. The fraction of sp³-hybridized carbons (Fsp3) is 1.00. The first-order valence-corrected chi connectivity index (χ1v) is 8.44.